The van der Waals surface area contributed by atoms with E-state index in [-0.39, 0.29) is 10.9 Å². The van der Waals surface area contributed by atoms with Crippen LogP contribution in [0, 0.1) is 4.51 Å². The number of carboxylic acids is 1. The second-order valence-corrected chi connectivity index (χ2v) is 13.2. The van der Waals surface area contributed by atoms with Crippen molar-refractivity contribution in [3.8, 4) is 0 Å². The van der Waals surface area contributed by atoms with E-state index in [1.807, 2.05) is 24.3 Å². The predicted octanol–water partition coefficient (Wildman–Crippen LogP) is 10.5. The number of alkyl halides is 15. The lowest BCUT2D eigenvalue weighted by Crippen LogP contribution is -2.74. The molecule has 20 heteroatoms. The highest BCUT2D eigenvalue weighted by Gasteiger charge is 2.93. The number of hydrogen-bond acceptors (Lipinski definition) is 4. The number of benzene rings is 4. The first-order valence-corrected chi connectivity index (χ1v) is 15.7. The molecule has 1 heterocycles. The van der Waals surface area contributed by atoms with E-state index in [0.29, 0.717) is 0 Å². The number of carbonyl (C=O) groups is 1. The minimum absolute atomic E-state index is 0.201. The molecule has 5 aromatic rings. The molecule has 4 aromatic carbocycles. The fourth-order valence-corrected chi connectivity index (χ4v) is 6.97. The molecular weight excluding hydrogens is 793 g/mol. The topological polar surface area (TPSA) is 53.3 Å². The predicted molar refractivity (Wildman–Crippen MR) is 160 cm³/mol. The molecule has 0 N–H and O–H groups in total. The van der Waals surface area contributed by atoms with Crippen LogP contribution in [0.1, 0.15) is 0 Å². The van der Waals surface area contributed by atoms with Crippen LogP contribution in [0.15, 0.2) is 122 Å². The van der Waals surface area contributed by atoms with E-state index < -0.39 is 47.7 Å². The number of carbonyl (C=O) groups excluding carboxylic acids is 1. The second-order valence-electron chi connectivity index (χ2n) is 10.7. The minimum Gasteiger partial charge on any atom is -0.544 e. The van der Waals surface area contributed by atoms with Crippen LogP contribution in [-0.4, -0.2) is 47.7 Å². The maximum absolute atomic E-state index is 12.8. The Morgan fingerprint density at radius 2 is 0.925 bits per heavy atom. The number of hydrogen-bond donors (Lipinski definition) is 0. The van der Waals surface area contributed by atoms with Gasteiger partial charge in [-0.25, -0.2) is 0 Å². The summed E-state index contributed by atoms with van der Waals surface area (Å²) in [4.78, 5) is 13.4. The SMILES string of the molecule is O=C([O-])C(F)(F)C(F)(F)C(F)(F)C(F)(F)C(F)(F)C(F)(F)C(F)(F)F.S=c1c2ccccc2oc2ccc([S+](c3ccccc3)c3ccccc3)cc12. The molecule has 0 saturated heterocycles. The number of halogens is 15. The summed E-state index contributed by atoms with van der Waals surface area (Å²) in [7, 11) is -0.201. The number of carboxylic acid groups (broad SMARTS) is 1. The molecule has 0 atom stereocenters. The minimum atomic E-state index is -8.50. The van der Waals surface area contributed by atoms with Crippen LogP contribution >= 0.6 is 12.2 Å². The van der Waals surface area contributed by atoms with Crippen molar-refractivity contribution in [1.82, 2.24) is 0 Å². The normalized spacial score (nSPS) is 13.6. The Bertz CT molecular complexity index is 2120. The molecule has 0 aliphatic heterocycles. The number of para-hydroxylation sites is 1. The maximum atomic E-state index is 12.8. The van der Waals surface area contributed by atoms with Gasteiger partial charge in [0.05, 0.1) is 15.4 Å². The first-order chi connectivity index (χ1) is 24.3. The van der Waals surface area contributed by atoms with E-state index in [1.54, 1.807) is 0 Å². The largest absolute Gasteiger partial charge is 0.544 e. The molecule has 1 aromatic heterocycles. The molecular formula is C33H17F15O3S2. The van der Waals surface area contributed by atoms with Gasteiger partial charge in [-0.15, -0.1) is 0 Å². The van der Waals surface area contributed by atoms with E-state index in [9.17, 15) is 75.8 Å². The van der Waals surface area contributed by atoms with Crippen molar-refractivity contribution < 1.29 is 80.2 Å². The summed E-state index contributed by atoms with van der Waals surface area (Å²) in [5.74, 6) is -53.3. The lowest BCUT2D eigenvalue weighted by atomic mass is 9.91. The van der Waals surface area contributed by atoms with Crippen LogP contribution in [0.25, 0.3) is 21.9 Å². The zero-order valence-corrected chi connectivity index (χ0v) is 27.2. The zero-order chi connectivity index (χ0) is 40.0. The molecule has 0 aliphatic rings. The van der Waals surface area contributed by atoms with Crippen LogP contribution in [0.4, 0.5) is 65.9 Å². The van der Waals surface area contributed by atoms with Crippen molar-refractivity contribution in [3.63, 3.8) is 0 Å². The Kier molecular flexibility index (Phi) is 11.0. The highest BCUT2D eigenvalue weighted by Crippen LogP contribution is 2.62. The third kappa shape index (κ3) is 6.90. The van der Waals surface area contributed by atoms with Crippen molar-refractivity contribution in [2.45, 2.75) is 56.4 Å². The smallest absolute Gasteiger partial charge is 0.460 e. The van der Waals surface area contributed by atoms with Crippen molar-refractivity contribution in [3.05, 3.63) is 108 Å². The Labute approximate surface area is 295 Å². The van der Waals surface area contributed by atoms with Gasteiger partial charge in [-0.3, -0.25) is 0 Å². The summed E-state index contributed by atoms with van der Waals surface area (Å²) in [6.45, 7) is 0. The summed E-state index contributed by atoms with van der Waals surface area (Å²) < 4.78 is 193. The molecule has 0 spiro atoms. The Balaban J connectivity index is 0.000000239. The molecule has 53 heavy (non-hydrogen) atoms. The molecule has 0 amide bonds. The molecule has 5 rings (SSSR count). The van der Waals surface area contributed by atoms with Crippen molar-refractivity contribution >= 4 is 51.0 Å². The summed E-state index contributed by atoms with van der Waals surface area (Å²) in [5.41, 5.74) is 1.66. The molecule has 0 saturated carbocycles. The van der Waals surface area contributed by atoms with Crippen LogP contribution in [0.3, 0.4) is 0 Å². The molecule has 3 nitrogen and oxygen atoms in total. The highest BCUT2D eigenvalue weighted by molar-refractivity contribution is 7.97. The van der Waals surface area contributed by atoms with E-state index in [4.69, 9.17) is 16.6 Å². The van der Waals surface area contributed by atoms with Crippen molar-refractivity contribution in [1.29, 1.82) is 0 Å². The Morgan fingerprint density at radius 1 is 0.509 bits per heavy atom. The fourth-order valence-electron chi connectivity index (χ4n) is 4.53. The van der Waals surface area contributed by atoms with Gasteiger partial charge in [-0.05, 0) is 48.5 Å². The monoisotopic (exact) mass is 810 g/mol. The summed E-state index contributed by atoms with van der Waals surface area (Å²) in [6.07, 6.45) is -7.71. The Hall–Kier alpha value is -4.46. The van der Waals surface area contributed by atoms with Crippen LogP contribution in [0.2, 0.25) is 0 Å². The quantitative estimate of drug-likeness (QED) is 0.0644. The molecule has 0 radical (unpaired) electrons. The van der Waals surface area contributed by atoms with Gasteiger partial charge in [0.1, 0.15) is 17.1 Å². The molecule has 284 valence electrons. The molecule has 0 aliphatic carbocycles. The fraction of sp³-hybridized carbons (Fsp3) is 0.212. The maximum Gasteiger partial charge on any atom is 0.460 e. The molecule has 0 unspecified atom stereocenters. The van der Waals surface area contributed by atoms with E-state index in [0.717, 1.165) is 26.4 Å². The van der Waals surface area contributed by atoms with Crippen molar-refractivity contribution in [2.24, 2.45) is 0 Å². The lowest BCUT2D eigenvalue weighted by Gasteiger charge is -2.41. The van der Waals surface area contributed by atoms with Gasteiger partial charge in [-0.1, -0.05) is 60.7 Å². The lowest BCUT2D eigenvalue weighted by molar-refractivity contribution is -0.454. The van der Waals surface area contributed by atoms with Gasteiger partial charge in [0.15, 0.2) is 14.7 Å². The van der Waals surface area contributed by atoms with E-state index in [1.165, 1.54) is 14.7 Å². The third-order valence-corrected chi connectivity index (χ3v) is 9.98. The number of fused-ring (bicyclic) bond motifs is 2. The van der Waals surface area contributed by atoms with Gasteiger partial charge < -0.3 is 14.3 Å². The second kappa shape index (κ2) is 14.1. The first kappa shape index (κ1) is 41.3. The average molecular weight is 811 g/mol. The third-order valence-electron chi connectivity index (χ3n) is 7.32. The van der Waals surface area contributed by atoms with Gasteiger partial charge in [0, 0.05) is 16.8 Å². The van der Waals surface area contributed by atoms with Gasteiger partial charge >= 0.3 is 41.7 Å². The standard InChI is InChI=1S/C25H17OS2.C8HF15O2/c27-25-21-13-7-8-14-23(21)26-24-16-15-20(17-22(24)25)28(18-9-3-1-4-10-18)19-11-5-2-6-12-19;9-2(10,1(24)25)3(11,12)4(13,14)5(15,16)6(17,18)7(19,20)8(21,22)23/h1-17H;(H,24,25)/q+1;/p-1. The summed E-state index contributed by atoms with van der Waals surface area (Å²) in [5, 5.41) is 11.6. The van der Waals surface area contributed by atoms with Gasteiger partial charge in [-0.2, -0.15) is 65.9 Å². The number of rotatable bonds is 9. The van der Waals surface area contributed by atoms with E-state index in [2.05, 4.69) is 78.9 Å². The van der Waals surface area contributed by atoms with Gasteiger partial charge in [0.2, 0.25) is 0 Å². The first-order valence-electron chi connectivity index (χ1n) is 14.1. The Morgan fingerprint density at radius 3 is 1.40 bits per heavy atom. The van der Waals surface area contributed by atoms with Crippen LogP contribution in [0.5, 0.6) is 0 Å². The summed E-state index contributed by atoms with van der Waals surface area (Å²) >= 11 is 5.82. The molecule has 0 bridgehead atoms. The highest BCUT2D eigenvalue weighted by atomic mass is 32.2. The average Bonchev–Trinajstić information content (AvgIpc) is 3.09. The number of aliphatic carboxylic acids is 1. The van der Waals surface area contributed by atoms with Crippen molar-refractivity contribution in [2.75, 3.05) is 0 Å². The summed E-state index contributed by atoms with van der Waals surface area (Å²) in [6, 6.07) is 35.7. The van der Waals surface area contributed by atoms with Crippen LogP contribution in [-0.2, 0) is 15.7 Å². The van der Waals surface area contributed by atoms with Gasteiger partial charge in [0.25, 0.3) is 0 Å². The van der Waals surface area contributed by atoms with Crippen LogP contribution < -0.4 is 5.11 Å². The zero-order valence-electron chi connectivity index (χ0n) is 25.5. The van der Waals surface area contributed by atoms with E-state index >= 15 is 0 Å². The molecule has 0 fully saturated rings.